The van der Waals surface area contributed by atoms with E-state index in [0.29, 0.717) is 16.6 Å². The Morgan fingerprint density at radius 2 is 1.84 bits per heavy atom. The number of hydrogen-bond donors (Lipinski definition) is 1. The Labute approximate surface area is 144 Å². The third kappa shape index (κ3) is 3.82. The van der Waals surface area contributed by atoms with Gasteiger partial charge in [-0.3, -0.25) is 9.59 Å². The highest BCUT2D eigenvalue weighted by molar-refractivity contribution is 5.90. The van der Waals surface area contributed by atoms with Crippen molar-refractivity contribution >= 4 is 28.2 Å². The van der Waals surface area contributed by atoms with Crippen molar-refractivity contribution in [3.05, 3.63) is 58.9 Å². The molecule has 1 aromatic heterocycles. The van der Waals surface area contributed by atoms with Gasteiger partial charge in [0.2, 0.25) is 5.91 Å². The van der Waals surface area contributed by atoms with E-state index >= 15 is 0 Å². The van der Waals surface area contributed by atoms with Gasteiger partial charge in [0.1, 0.15) is 5.52 Å². The second kappa shape index (κ2) is 7.12. The Morgan fingerprint density at radius 3 is 2.56 bits per heavy atom. The minimum atomic E-state index is -0.242. The number of aryl methyl sites for hydroxylation is 1. The first kappa shape index (κ1) is 16.6. The second-order valence-corrected chi connectivity index (χ2v) is 5.87. The predicted molar refractivity (Wildman–Crippen MR) is 97.8 cm³/mol. The van der Waals surface area contributed by atoms with E-state index in [9.17, 15) is 9.59 Å². The van der Waals surface area contributed by atoms with Crippen molar-refractivity contribution in [1.29, 1.82) is 0 Å². The minimum Gasteiger partial charge on any atom is -0.378 e. The van der Waals surface area contributed by atoms with Gasteiger partial charge in [-0.15, -0.1) is 5.10 Å². The quantitative estimate of drug-likeness (QED) is 0.769. The number of amides is 1. The molecule has 128 valence electrons. The van der Waals surface area contributed by atoms with Gasteiger partial charge in [-0.05, 0) is 36.4 Å². The summed E-state index contributed by atoms with van der Waals surface area (Å²) in [6.45, 7) is 0.179. The van der Waals surface area contributed by atoms with Gasteiger partial charge in [0.05, 0.1) is 11.9 Å². The molecule has 2 aromatic carbocycles. The van der Waals surface area contributed by atoms with Crippen LogP contribution in [0.15, 0.2) is 53.3 Å². The molecule has 3 aromatic rings. The lowest BCUT2D eigenvalue weighted by molar-refractivity contribution is -0.116. The highest BCUT2D eigenvalue weighted by atomic mass is 16.2. The van der Waals surface area contributed by atoms with Crippen LogP contribution in [-0.2, 0) is 11.3 Å². The first-order chi connectivity index (χ1) is 12.0. The zero-order valence-corrected chi connectivity index (χ0v) is 14.1. The molecule has 7 nitrogen and oxygen atoms in total. The van der Waals surface area contributed by atoms with Crippen LogP contribution < -0.4 is 15.8 Å². The summed E-state index contributed by atoms with van der Waals surface area (Å²) in [6.07, 6.45) is 0.141. The average Bonchev–Trinajstić information content (AvgIpc) is 2.62. The third-order valence-corrected chi connectivity index (χ3v) is 3.85. The number of nitrogens with one attached hydrogen (secondary N) is 1. The molecule has 0 radical (unpaired) electrons. The molecule has 0 unspecified atom stereocenters. The summed E-state index contributed by atoms with van der Waals surface area (Å²) < 4.78 is 1.22. The van der Waals surface area contributed by atoms with E-state index < -0.39 is 0 Å². The normalized spacial score (nSPS) is 10.6. The van der Waals surface area contributed by atoms with Crippen molar-refractivity contribution in [2.24, 2.45) is 0 Å². The summed E-state index contributed by atoms with van der Waals surface area (Å²) in [6, 6.07) is 14.6. The van der Waals surface area contributed by atoms with E-state index in [2.05, 4.69) is 15.6 Å². The van der Waals surface area contributed by atoms with E-state index in [1.807, 2.05) is 43.3 Å². The minimum absolute atomic E-state index is 0.141. The molecule has 0 aliphatic rings. The Hall–Kier alpha value is -3.22. The maximum atomic E-state index is 12.3. The summed E-state index contributed by atoms with van der Waals surface area (Å²) >= 11 is 0. The van der Waals surface area contributed by atoms with Crippen molar-refractivity contribution < 1.29 is 4.79 Å². The maximum absolute atomic E-state index is 12.3. The first-order valence-corrected chi connectivity index (χ1v) is 7.94. The Bertz CT molecular complexity index is 948. The first-order valence-electron chi connectivity index (χ1n) is 7.94. The highest BCUT2D eigenvalue weighted by Crippen LogP contribution is 2.15. The third-order valence-electron chi connectivity index (χ3n) is 3.85. The van der Waals surface area contributed by atoms with Crippen LogP contribution in [0.25, 0.3) is 10.9 Å². The molecule has 1 N–H and O–H groups in total. The largest absolute Gasteiger partial charge is 0.378 e. The van der Waals surface area contributed by atoms with Gasteiger partial charge < -0.3 is 10.2 Å². The fourth-order valence-electron chi connectivity index (χ4n) is 2.44. The van der Waals surface area contributed by atoms with Gasteiger partial charge in [-0.1, -0.05) is 17.3 Å². The Morgan fingerprint density at radius 1 is 1.12 bits per heavy atom. The van der Waals surface area contributed by atoms with E-state index in [4.69, 9.17) is 0 Å². The van der Waals surface area contributed by atoms with E-state index in [1.165, 1.54) is 4.68 Å². The lowest BCUT2D eigenvalue weighted by atomic mass is 10.2. The van der Waals surface area contributed by atoms with Gasteiger partial charge >= 0.3 is 0 Å². The molecule has 0 saturated heterocycles. The van der Waals surface area contributed by atoms with Crippen LogP contribution in [0.4, 0.5) is 11.4 Å². The topological polar surface area (TPSA) is 80.1 Å². The molecule has 1 heterocycles. The molecule has 0 fully saturated rings. The van der Waals surface area contributed by atoms with Gasteiger partial charge in [-0.25, -0.2) is 4.68 Å². The summed E-state index contributed by atoms with van der Waals surface area (Å²) in [5, 5.41) is 11.2. The molecule has 0 aliphatic carbocycles. The van der Waals surface area contributed by atoms with Gasteiger partial charge in [0.15, 0.2) is 0 Å². The number of anilines is 2. The van der Waals surface area contributed by atoms with Crippen LogP contribution in [0.5, 0.6) is 0 Å². The number of fused-ring (bicyclic) bond motifs is 1. The van der Waals surface area contributed by atoms with E-state index in [0.717, 1.165) is 5.69 Å². The number of carbonyl (C=O) groups excluding carboxylic acids is 1. The van der Waals surface area contributed by atoms with Crippen LogP contribution in [0.1, 0.15) is 6.42 Å². The van der Waals surface area contributed by atoms with Gasteiger partial charge in [0.25, 0.3) is 5.56 Å². The van der Waals surface area contributed by atoms with Gasteiger partial charge in [0, 0.05) is 31.9 Å². The zero-order valence-electron chi connectivity index (χ0n) is 14.1. The Balaban J connectivity index is 1.64. The molecule has 3 rings (SSSR count). The number of carbonyl (C=O) groups is 1. The second-order valence-electron chi connectivity index (χ2n) is 5.87. The molecule has 0 atom stereocenters. The van der Waals surface area contributed by atoms with Crippen LogP contribution in [0, 0.1) is 0 Å². The molecule has 0 aliphatic heterocycles. The fourth-order valence-corrected chi connectivity index (χ4v) is 2.44. The van der Waals surface area contributed by atoms with Crippen molar-refractivity contribution in [2.45, 2.75) is 13.0 Å². The number of rotatable bonds is 5. The van der Waals surface area contributed by atoms with Gasteiger partial charge in [-0.2, -0.15) is 0 Å². The lowest BCUT2D eigenvalue weighted by Gasteiger charge is -2.13. The molecular formula is C18H19N5O2. The van der Waals surface area contributed by atoms with Crippen molar-refractivity contribution in [1.82, 2.24) is 15.0 Å². The van der Waals surface area contributed by atoms with Crippen LogP contribution in [0.3, 0.4) is 0 Å². The molecular weight excluding hydrogens is 318 g/mol. The SMILES string of the molecule is CN(C)c1ccc(NC(=O)CCn2nnc3ccccc3c2=O)cc1. The standard InChI is InChI=1S/C18H19N5O2/c1-22(2)14-9-7-13(8-10-14)19-17(24)11-12-23-18(25)15-5-3-4-6-16(15)20-21-23/h3-10H,11-12H2,1-2H3,(H,19,24). The zero-order chi connectivity index (χ0) is 17.8. The molecule has 7 heteroatoms. The number of benzene rings is 2. The lowest BCUT2D eigenvalue weighted by Crippen LogP contribution is -2.26. The summed E-state index contributed by atoms with van der Waals surface area (Å²) in [4.78, 5) is 26.4. The molecule has 0 bridgehead atoms. The van der Waals surface area contributed by atoms with Crippen molar-refractivity contribution in [2.75, 3.05) is 24.3 Å². The molecule has 1 amide bonds. The smallest absolute Gasteiger partial charge is 0.277 e. The van der Waals surface area contributed by atoms with E-state index in [1.54, 1.807) is 24.3 Å². The summed E-state index contributed by atoms with van der Waals surface area (Å²) in [5.74, 6) is -0.181. The predicted octanol–water partition coefficient (Wildman–Crippen LogP) is 1.89. The fraction of sp³-hybridized carbons (Fsp3) is 0.222. The van der Waals surface area contributed by atoms with E-state index in [-0.39, 0.29) is 24.4 Å². The number of nitrogens with zero attached hydrogens (tertiary/aromatic N) is 4. The maximum Gasteiger partial charge on any atom is 0.277 e. The summed E-state index contributed by atoms with van der Waals surface area (Å²) in [5.41, 5.74) is 2.08. The molecule has 25 heavy (non-hydrogen) atoms. The van der Waals surface area contributed by atoms with Crippen molar-refractivity contribution in [3.8, 4) is 0 Å². The van der Waals surface area contributed by atoms with Crippen LogP contribution in [-0.4, -0.2) is 35.0 Å². The number of aromatic nitrogens is 3. The van der Waals surface area contributed by atoms with Crippen LogP contribution in [0.2, 0.25) is 0 Å². The van der Waals surface area contributed by atoms with Crippen LogP contribution >= 0.6 is 0 Å². The van der Waals surface area contributed by atoms with Crippen molar-refractivity contribution in [3.63, 3.8) is 0 Å². The Kier molecular flexibility index (Phi) is 4.74. The molecule has 0 saturated carbocycles. The highest BCUT2D eigenvalue weighted by Gasteiger charge is 2.08. The average molecular weight is 337 g/mol. The monoisotopic (exact) mass is 337 g/mol. The molecule has 0 spiro atoms. The number of hydrogen-bond acceptors (Lipinski definition) is 5. The summed E-state index contributed by atoms with van der Waals surface area (Å²) in [7, 11) is 3.91.